The summed E-state index contributed by atoms with van der Waals surface area (Å²) in [5.74, 6) is 0.968. The van der Waals surface area contributed by atoms with E-state index in [9.17, 15) is 18.0 Å². The molecule has 0 aliphatic heterocycles. The molecule has 4 rings (SSSR count). The molecule has 2 aromatic heterocycles. The number of halogens is 4. The van der Waals surface area contributed by atoms with Crippen LogP contribution in [-0.4, -0.2) is 19.3 Å². The van der Waals surface area contributed by atoms with Gasteiger partial charge < -0.3 is 9.30 Å². The summed E-state index contributed by atoms with van der Waals surface area (Å²) in [5.41, 5.74) is 1.22. The summed E-state index contributed by atoms with van der Waals surface area (Å²) in [4.78, 5) is 16.7. The van der Waals surface area contributed by atoms with Gasteiger partial charge in [0, 0.05) is 44.2 Å². The number of hydrogen-bond acceptors (Lipinski definition) is 5. The lowest BCUT2D eigenvalue weighted by atomic mass is 10.1. The number of nitrogens with zero attached hydrogens (tertiary/aromatic N) is 4. The van der Waals surface area contributed by atoms with Crippen LogP contribution in [0, 0.1) is 0 Å². The van der Waals surface area contributed by atoms with Gasteiger partial charge in [-0.25, -0.2) is 0 Å². The van der Waals surface area contributed by atoms with E-state index in [1.54, 1.807) is 41.3 Å². The molecule has 0 amide bonds. The minimum atomic E-state index is -4.57. The largest absolute Gasteiger partial charge is 0.457 e. The van der Waals surface area contributed by atoms with Crippen LogP contribution in [0.4, 0.5) is 13.2 Å². The third-order valence-electron chi connectivity index (χ3n) is 5.05. The van der Waals surface area contributed by atoms with Crippen molar-refractivity contribution < 1.29 is 17.9 Å². The molecule has 0 saturated carbocycles. The van der Waals surface area contributed by atoms with E-state index in [2.05, 4.69) is 10.1 Å². The van der Waals surface area contributed by atoms with Crippen molar-refractivity contribution in [3.8, 4) is 11.5 Å². The minimum Gasteiger partial charge on any atom is -0.457 e. The Hall–Kier alpha value is -3.24. The maximum atomic E-state index is 13.0. The Kier molecular flexibility index (Phi) is 7.23. The van der Waals surface area contributed by atoms with Gasteiger partial charge in [-0.2, -0.15) is 23.3 Å². The first-order valence-electron chi connectivity index (χ1n) is 10.4. The Morgan fingerprint density at radius 3 is 2.40 bits per heavy atom. The minimum absolute atomic E-state index is 0.0365. The van der Waals surface area contributed by atoms with Gasteiger partial charge in [0.25, 0.3) is 5.56 Å². The molecule has 11 heteroatoms. The number of alkyl halides is 3. The Labute approximate surface area is 208 Å². The second-order valence-corrected chi connectivity index (χ2v) is 9.19. The predicted octanol–water partition coefficient (Wildman–Crippen LogP) is 5.86. The number of aromatic nitrogens is 4. The lowest BCUT2D eigenvalue weighted by Gasteiger charge is -2.12. The fraction of sp³-hybridized carbons (Fsp3) is 0.208. The molecule has 6 nitrogen and oxygen atoms in total. The quantitative estimate of drug-likeness (QED) is 0.225. The molecule has 0 aliphatic carbocycles. The van der Waals surface area contributed by atoms with Gasteiger partial charge in [-0.15, -0.1) is 0 Å². The summed E-state index contributed by atoms with van der Waals surface area (Å²) in [7, 11) is 3.65. The third-order valence-corrected chi connectivity index (χ3v) is 6.49. The smallest absolute Gasteiger partial charge is 0.417 e. The number of thioether (sulfide) groups is 1. The Morgan fingerprint density at radius 2 is 1.74 bits per heavy atom. The number of aryl methyl sites for hydroxylation is 2. The molecule has 2 heterocycles. The van der Waals surface area contributed by atoms with Crippen molar-refractivity contribution in [1.82, 2.24) is 19.3 Å². The van der Waals surface area contributed by atoms with Crippen LogP contribution in [0.3, 0.4) is 0 Å². The molecule has 2 aromatic carbocycles. The second-order valence-electron chi connectivity index (χ2n) is 7.84. The first kappa shape index (κ1) is 24.9. The first-order chi connectivity index (χ1) is 16.6. The van der Waals surface area contributed by atoms with Crippen molar-refractivity contribution >= 4 is 23.4 Å². The maximum Gasteiger partial charge on any atom is 0.417 e. The SMILES string of the molecule is Cn1cc(Cc2cn(C)c(SCc3ccc(Oc4ccc(Cl)c(C(F)(F)F)c4)cc3)nc2=O)cn1. The predicted molar refractivity (Wildman–Crippen MR) is 128 cm³/mol. The van der Waals surface area contributed by atoms with Crippen LogP contribution in [0.15, 0.2) is 71.0 Å². The maximum absolute atomic E-state index is 13.0. The first-order valence-corrected chi connectivity index (χ1v) is 11.8. The van der Waals surface area contributed by atoms with Crippen LogP contribution in [0.2, 0.25) is 5.02 Å². The summed E-state index contributed by atoms with van der Waals surface area (Å²) in [6, 6.07) is 10.4. The Balaban J connectivity index is 1.40. The van der Waals surface area contributed by atoms with Gasteiger partial charge in [0.2, 0.25) is 0 Å². The number of ether oxygens (including phenoxy) is 1. The second kappa shape index (κ2) is 10.2. The molecule has 0 saturated heterocycles. The zero-order valence-electron chi connectivity index (χ0n) is 18.7. The van der Waals surface area contributed by atoms with Gasteiger partial charge in [0.05, 0.1) is 16.8 Å². The normalized spacial score (nSPS) is 11.6. The van der Waals surface area contributed by atoms with Crippen molar-refractivity contribution in [1.29, 1.82) is 0 Å². The molecule has 0 N–H and O–H groups in total. The standard InChI is InChI=1S/C24H20ClF3N4O2S/c1-31-13-17(9-16-11-29-32(2)12-16)22(33)30-23(31)35-14-15-3-5-18(6-4-15)34-19-7-8-21(25)20(10-19)24(26,27)28/h3-8,10-13H,9,14H2,1-2H3. The highest BCUT2D eigenvalue weighted by atomic mass is 35.5. The lowest BCUT2D eigenvalue weighted by molar-refractivity contribution is -0.137. The number of rotatable bonds is 7. The molecule has 35 heavy (non-hydrogen) atoms. The molecule has 0 fully saturated rings. The molecular formula is C24H20ClF3N4O2S. The molecule has 0 bridgehead atoms. The summed E-state index contributed by atoms with van der Waals surface area (Å²) in [5, 5.41) is 4.31. The van der Waals surface area contributed by atoms with Gasteiger partial charge in [0.15, 0.2) is 5.16 Å². The van der Waals surface area contributed by atoms with E-state index in [0.717, 1.165) is 23.3 Å². The van der Waals surface area contributed by atoms with Gasteiger partial charge in [0.1, 0.15) is 11.5 Å². The van der Waals surface area contributed by atoms with Crippen molar-refractivity contribution in [2.24, 2.45) is 14.1 Å². The van der Waals surface area contributed by atoms with Crippen molar-refractivity contribution in [3.63, 3.8) is 0 Å². The van der Waals surface area contributed by atoms with Gasteiger partial charge in [-0.3, -0.25) is 9.48 Å². The zero-order valence-corrected chi connectivity index (χ0v) is 20.3. The third kappa shape index (κ3) is 6.26. The van der Waals surface area contributed by atoms with E-state index < -0.39 is 11.7 Å². The van der Waals surface area contributed by atoms with Crippen LogP contribution in [0.1, 0.15) is 22.3 Å². The van der Waals surface area contributed by atoms with Crippen LogP contribution < -0.4 is 10.3 Å². The van der Waals surface area contributed by atoms with Crippen molar-refractivity contribution in [2.75, 3.05) is 0 Å². The Bertz CT molecular complexity index is 1400. The van der Waals surface area contributed by atoms with Crippen molar-refractivity contribution in [3.05, 3.63) is 98.7 Å². The molecule has 4 aromatic rings. The summed E-state index contributed by atoms with van der Waals surface area (Å²) in [6.07, 6.45) is 1.25. The molecule has 0 aliphatic rings. The van der Waals surface area contributed by atoms with Crippen molar-refractivity contribution in [2.45, 2.75) is 23.5 Å². The van der Waals surface area contributed by atoms with Crippen LogP contribution in [0.25, 0.3) is 0 Å². The fourth-order valence-corrected chi connectivity index (χ4v) is 4.46. The van der Waals surface area contributed by atoms with Crippen LogP contribution in [0.5, 0.6) is 11.5 Å². The van der Waals surface area contributed by atoms with E-state index in [1.807, 2.05) is 24.9 Å². The average Bonchev–Trinajstić information content (AvgIpc) is 3.21. The molecule has 0 atom stereocenters. The van der Waals surface area contributed by atoms with E-state index >= 15 is 0 Å². The van der Waals surface area contributed by atoms with E-state index in [-0.39, 0.29) is 16.3 Å². The molecule has 0 spiro atoms. The molecule has 182 valence electrons. The highest BCUT2D eigenvalue weighted by Crippen LogP contribution is 2.37. The summed E-state index contributed by atoms with van der Waals surface area (Å²) in [6.45, 7) is 0. The zero-order chi connectivity index (χ0) is 25.2. The van der Waals surface area contributed by atoms with Gasteiger partial charge in [-0.05, 0) is 41.5 Å². The molecular weight excluding hydrogens is 501 g/mol. The molecule has 0 unspecified atom stereocenters. The molecule has 0 radical (unpaired) electrons. The van der Waals surface area contributed by atoms with Crippen LogP contribution in [-0.2, 0) is 32.4 Å². The average molecular weight is 521 g/mol. The lowest BCUT2D eigenvalue weighted by Crippen LogP contribution is -2.18. The van der Waals surface area contributed by atoms with E-state index in [0.29, 0.717) is 28.6 Å². The number of benzene rings is 2. The highest BCUT2D eigenvalue weighted by molar-refractivity contribution is 7.98. The topological polar surface area (TPSA) is 61.9 Å². The van der Waals surface area contributed by atoms with Gasteiger partial charge in [-0.1, -0.05) is 35.5 Å². The highest BCUT2D eigenvalue weighted by Gasteiger charge is 2.33. The monoisotopic (exact) mass is 520 g/mol. The van der Waals surface area contributed by atoms with Crippen LogP contribution >= 0.6 is 23.4 Å². The summed E-state index contributed by atoms with van der Waals surface area (Å²) < 4.78 is 48.2. The summed E-state index contributed by atoms with van der Waals surface area (Å²) >= 11 is 7.05. The van der Waals surface area contributed by atoms with E-state index in [1.165, 1.54) is 17.8 Å². The Morgan fingerprint density at radius 1 is 1.03 bits per heavy atom. The van der Waals surface area contributed by atoms with E-state index in [4.69, 9.17) is 16.3 Å². The fourth-order valence-electron chi connectivity index (χ4n) is 3.34. The van der Waals surface area contributed by atoms with Gasteiger partial charge >= 0.3 is 6.18 Å². The number of hydrogen-bond donors (Lipinski definition) is 0.